The summed E-state index contributed by atoms with van der Waals surface area (Å²) in [6.45, 7) is 4.09. The fourth-order valence-electron chi connectivity index (χ4n) is 3.16. The van der Waals surface area contributed by atoms with Crippen molar-refractivity contribution in [1.82, 2.24) is 24.6 Å². The normalized spacial score (nSPS) is 11.2. The summed E-state index contributed by atoms with van der Waals surface area (Å²) in [7, 11) is 3.38. The van der Waals surface area contributed by atoms with Crippen molar-refractivity contribution in [3.05, 3.63) is 63.5 Å². The number of hydrogen-bond donors (Lipinski definition) is 2. The third kappa shape index (κ3) is 4.18. The maximum absolute atomic E-state index is 12.5. The average molecular weight is 423 g/mol. The highest BCUT2D eigenvalue weighted by Crippen LogP contribution is 2.24. The first kappa shape index (κ1) is 21.1. The molecule has 3 rings (SSSR count). The lowest BCUT2D eigenvalue weighted by atomic mass is 10.1. The minimum absolute atomic E-state index is 0.0155. The van der Waals surface area contributed by atoms with Crippen LogP contribution < -0.4 is 10.1 Å². The van der Waals surface area contributed by atoms with Crippen molar-refractivity contribution in [1.29, 1.82) is 5.26 Å². The highest BCUT2D eigenvalue weighted by molar-refractivity contribution is 7.71. The molecule has 0 bridgehead atoms. The number of methoxy groups -OCH3 is 1. The molecular weight excluding hydrogens is 400 g/mol. The summed E-state index contributed by atoms with van der Waals surface area (Å²) in [5.41, 5.74) is 3.70. The maximum atomic E-state index is 12.5. The molecule has 1 aromatic carbocycles. The zero-order chi connectivity index (χ0) is 21.8. The van der Waals surface area contributed by atoms with Crippen molar-refractivity contribution >= 4 is 24.2 Å². The molecule has 1 amide bonds. The summed E-state index contributed by atoms with van der Waals surface area (Å²) in [5.74, 6) is 0.877. The van der Waals surface area contributed by atoms with E-state index in [2.05, 4.69) is 20.1 Å². The first-order valence-corrected chi connectivity index (χ1v) is 9.60. The molecule has 2 N–H and O–H groups in total. The molecular formula is C21H22N6O2S. The molecule has 0 atom stereocenters. The molecule has 0 unspecified atom stereocenters. The monoisotopic (exact) mass is 422 g/mol. The number of rotatable bonds is 6. The fraction of sp³-hybridized carbons (Fsp3) is 0.238. The molecule has 3 aromatic rings. The van der Waals surface area contributed by atoms with Gasteiger partial charge in [0.2, 0.25) is 0 Å². The fourth-order valence-corrected chi connectivity index (χ4v) is 3.31. The lowest BCUT2D eigenvalue weighted by Crippen LogP contribution is -2.25. The Bertz CT molecular complexity index is 1210. The van der Waals surface area contributed by atoms with Gasteiger partial charge in [0.15, 0.2) is 10.6 Å². The van der Waals surface area contributed by atoms with Crippen LogP contribution in [0.3, 0.4) is 0 Å². The standard InChI is InChI=1S/C21H22N6O2S/c1-13-9-15(14(2)27(13)17-5-7-18(29-4)8-6-17)10-16(11-22)20(28)23-12-19-24-25-21(30)26(19)3/h5-10H,12H2,1-4H3,(H,23,28)(H,25,30)/b16-10-. The van der Waals surface area contributed by atoms with Gasteiger partial charge in [0, 0.05) is 24.1 Å². The number of nitrogens with zero attached hydrogens (tertiary/aromatic N) is 4. The van der Waals surface area contributed by atoms with E-state index in [1.807, 2.05) is 50.2 Å². The van der Waals surface area contributed by atoms with Crippen LogP contribution in [0.5, 0.6) is 5.75 Å². The Hall–Kier alpha value is -3.64. The molecule has 0 aliphatic heterocycles. The van der Waals surface area contributed by atoms with Crippen molar-refractivity contribution in [3.8, 4) is 17.5 Å². The molecule has 0 saturated carbocycles. The topological polar surface area (TPSA) is 101 Å². The Morgan fingerprint density at radius 3 is 2.63 bits per heavy atom. The minimum Gasteiger partial charge on any atom is -0.497 e. The van der Waals surface area contributed by atoms with E-state index in [4.69, 9.17) is 17.0 Å². The van der Waals surface area contributed by atoms with Gasteiger partial charge in [0.1, 0.15) is 17.4 Å². The Balaban J connectivity index is 1.85. The molecule has 9 heteroatoms. The van der Waals surface area contributed by atoms with Crippen molar-refractivity contribution < 1.29 is 9.53 Å². The highest BCUT2D eigenvalue weighted by atomic mass is 32.1. The summed E-state index contributed by atoms with van der Waals surface area (Å²) in [4.78, 5) is 12.5. The number of H-pyrrole nitrogens is 1. The molecule has 0 spiro atoms. The van der Waals surface area contributed by atoms with Crippen LogP contribution in [0.25, 0.3) is 11.8 Å². The van der Waals surface area contributed by atoms with Crippen molar-refractivity contribution in [3.63, 3.8) is 0 Å². The largest absolute Gasteiger partial charge is 0.497 e. The number of benzene rings is 1. The Labute approximate surface area is 179 Å². The molecule has 0 radical (unpaired) electrons. The van der Waals surface area contributed by atoms with Gasteiger partial charge >= 0.3 is 0 Å². The number of amides is 1. The summed E-state index contributed by atoms with van der Waals surface area (Å²) in [6.07, 6.45) is 1.60. The van der Waals surface area contributed by atoms with Crippen LogP contribution in [0.2, 0.25) is 0 Å². The van der Waals surface area contributed by atoms with E-state index >= 15 is 0 Å². The summed E-state index contributed by atoms with van der Waals surface area (Å²) in [6, 6.07) is 11.6. The lowest BCUT2D eigenvalue weighted by molar-refractivity contribution is -0.117. The van der Waals surface area contributed by atoms with Crippen LogP contribution in [0, 0.1) is 29.9 Å². The summed E-state index contributed by atoms with van der Waals surface area (Å²) in [5, 5.41) is 18.9. The van der Waals surface area contributed by atoms with Crippen molar-refractivity contribution in [2.75, 3.05) is 7.11 Å². The van der Waals surface area contributed by atoms with Crippen LogP contribution in [-0.4, -0.2) is 32.3 Å². The Morgan fingerprint density at radius 1 is 1.37 bits per heavy atom. The second-order valence-electron chi connectivity index (χ2n) is 6.72. The van der Waals surface area contributed by atoms with Crippen LogP contribution in [-0.2, 0) is 18.4 Å². The highest BCUT2D eigenvalue weighted by Gasteiger charge is 2.14. The third-order valence-corrected chi connectivity index (χ3v) is 5.21. The molecule has 30 heavy (non-hydrogen) atoms. The Kier molecular flexibility index (Phi) is 6.18. The van der Waals surface area contributed by atoms with Crippen LogP contribution in [0.15, 0.2) is 35.9 Å². The van der Waals surface area contributed by atoms with E-state index in [9.17, 15) is 10.1 Å². The van der Waals surface area contributed by atoms with E-state index in [-0.39, 0.29) is 12.1 Å². The summed E-state index contributed by atoms with van der Waals surface area (Å²) >= 11 is 5.06. The Morgan fingerprint density at radius 2 is 2.07 bits per heavy atom. The first-order chi connectivity index (χ1) is 14.3. The zero-order valence-electron chi connectivity index (χ0n) is 17.2. The predicted molar refractivity (Wildman–Crippen MR) is 116 cm³/mol. The number of nitriles is 1. The second-order valence-corrected chi connectivity index (χ2v) is 7.10. The van der Waals surface area contributed by atoms with Gasteiger partial charge in [-0.3, -0.25) is 9.89 Å². The smallest absolute Gasteiger partial charge is 0.262 e. The molecule has 154 valence electrons. The number of carbonyl (C=O) groups is 1. The molecule has 2 heterocycles. The second kappa shape index (κ2) is 8.80. The van der Waals surface area contributed by atoms with Crippen LogP contribution >= 0.6 is 12.2 Å². The molecule has 0 aliphatic carbocycles. The SMILES string of the molecule is COc1ccc(-n2c(C)cc(/C=C(/C#N)C(=O)NCc3n[nH]c(=S)n3C)c2C)cc1. The van der Waals surface area contributed by atoms with Crippen molar-refractivity contribution in [2.45, 2.75) is 20.4 Å². The molecule has 8 nitrogen and oxygen atoms in total. The van der Waals surface area contributed by atoms with Gasteiger partial charge in [-0.25, -0.2) is 0 Å². The van der Waals surface area contributed by atoms with Gasteiger partial charge in [-0.1, -0.05) is 0 Å². The van der Waals surface area contributed by atoms with Gasteiger partial charge in [0.25, 0.3) is 5.91 Å². The van der Waals surface area contributed by atoms with E-state index in [0.29, 0.717) is 10.6 Å². The van der Waals surface area contributed by atoms with E-state index in [1.54, 1.807) is 24.8 Å². The number of aromatic amines is 1. The van der Waals surface area contributed by atoms with E-state index in [1.165, 1.54) is 0 Å². The quantitative estimate of drug-likeness (QED) is 0.361. The lowest BCUT2D eigenvalue weighted by Gasteiger charge is -2.10. The first-order valence-electron chi connectivity index (χ1n) is 9.19. The predicted octanol–water partition coefficient (Wildman–Crippen LogP) is 3.12. The maximum Gasteiger partial charge on any atom is 0.262 e. The number of aromatic nitrogens is 4. The number of hydrogen-bond acceptors (Lipinski definition) is 5. The van der Waals surface area contributed by atoms with Gasteiger partial charge in [-0.05, 0) is 68.0 Å². The molecule has 0 aliphatic rings. The van der Waals surface area contributed by atoms with E-state index in [0.717, 1.165) is 28.4 Å². The summed E-state index contributed by atoms with van der Waals surface area (Å²) < 4.78 is 9.40. The number of nitrogens with one attached hydrogen (secondary N) is 2. The van der Waals surface area contributed by atoms with Gasteiger partial charge < -0.3 is 19.2 Å². The van der Waals surface area contributed by atoms with Gasteiger partial charge in [-0.15, -0.1) is 0 Å². The average Bonchev–Trinajstić information content (AvgIpc) is 3.22. The molecule has 0 saturated heterocycles. The van der Waals surface area contributed by atoms with Gasteiger partial charge in [0.05, 0.1) is 13.7 Å². The van der Waals surface area contributed by atoms with Crippen LogP contribution in [0.1, 0.15) is 22.8 Å². The number of carbonyl (C=O) groups excluding carboxylic acids is 1. The van der Waals surface area contributed by atoms with Crippen LogP contribution in [0.4, 0.5) is 0 Å². The minimum atomic E-state index is -0.472. The number of aryl methyl sites for hydroxylation is 1. The van der Waals surface area contributed by atoms with Gasteiger partial charge in [-0.2, -0.15) is 10.4 Å². The number of ether oxygens (including phenoxy) is 1. The third-order valence-electron chi connectivity index (χ3n) is 4.85. The van der Waals surface area contributed by atoms with E-state index < -0.39 is 5.91 Å². The zero-order valence-corrected chi connectivity index (χ0v) is 18.0. The van der Waals surface area contributed by atoms with Crippen molar-refractivity contribution in [2.24, 2.45) is 7.05 Å². The molecule has 0 fully saturated rings. The molecule has 2 aromatic heterocycles.